The maximum atomic E-state index is 13.8. The third kappa shape index (κ3) is 2.21. The molecule has 2 aromatic rings. The lowest BCUT2D eigenvalue weighted by Gasteiger charge is -2.17. The predicted octanol–water partition coefficient (Wildman–Crippen LogP) is 3.54. The summed E-state index contributed by atoms with van der Waals surface area (Å²) in [4.78, 5) is 15.4. The summed E-state index contributed by atoms with van der Waals surface area (Å²) in [6.07, 6.45) is 2.39. The minimum atomic E-state index is -4.94. The summed E-state index contributed by atoms with van der Waals surface area (Å²) in [5.41, 5.74) is -2.91. The first kappa shape index (κ1) is 16.4. The van der Waals surface area contributed by atoms with Crippen LogP contribution in [0.15, 0.2) is 30.6 Å². The Kier molecular flexibility index (Phi) is 3.46. The average molecular weight is 347 g/mol. The van der Waals surface area contributed by atoms with E-state index in [9.17, 15) is 27.6 Å². The number of ketones is 1. The van der Waals surface area contributed by atoms with Crippen molar-refractivity contribution in [1.82, 2.24) is 4.98 Å². The van der Waals surface area contributed by atoms with Gasteiger partial charge in [-0.2, -0.15) is 28.1 Å². The van der Waals surface area contributed by atoms with Crippen molar-refractivity contribution in [3.05, 3.63) is 52.8 Å². The Labute approximate surface area is 137 Å². The van der Waals surface area contributed by atoms with Crippen LogP contribution in [0.1, 0.15) is 27.0 Å². The fourth-order valence-electron chi connectivity index (χ4n) is 2.41. The maximum absolute atomic E-state index is 13.8. The van der Waals surface area contributed by atoms with Gasteiger partial charge in [0.05, 0.1) is 17.3 Å². The summed E-state index contributed by atoms with van der Waals surface area (Å²) in [5, 5.41) is 18.0. The van der Waals surface area contributed by atoms with E-state index in [2.05, 4.69) is 4.98 Å². The smallest absolute Gasteiger partial charge is 0.376 e. The highest BCUT2D eigenvalue weighted by Gasteiger charge is 2.69. The molecule has 0 saturated heterocycles. The zero-order valence-corrected chi connectivity index (χ0v) is 12.1. The van der Waals surface area contributed by atoms with Gasteiger partial charge in [-0.1, -0.05) is 0 Å². The Bertz CT molecular complexity index is 990. The summed E-state index contributed by atoms with van der Waals surface area (Å²) in [6.45, 7) is 0. The van der Waals surface area contributed by atoms with Crippen LogP contribution in [0.4, 0.5) is 17.6 Å². The second-order valence-electron chi connectivity index (χ2n) is 5.07. The molecule has 25 heavy (non-hydrogen) atoms. The molecule has 0 aliphatic heterocycles. The topological polar surface area (TPSA) is 86.8 Å². The average Bonchev–Trinajstić information content (AvgIpc) is 2.72. The van der Waals surface area contributed by atoms with Gasteiger partial charge >= 0.3 is 11.8 Å². The normalized spacial score (nSPS) is 16.6. The second kappa shape index (κ2) is 5.28. The summed E-state index contributed by atoms with van der Waals surface area (Å²) in [7, 11) is 0. The number of halogens is 4. The van der Waals surface area contributed by atoms with Gasteiger partial charge in [0, 0.05) is 17.8 Å². The fourth-order valence-corrected chi connectivity index (χ4v) is 2.41. The molecule has 0 spiro atoms. The lowest BCUT2D eigenvalue weighted by molar-refractivity contribution is -0.176. The minimum absolute atomic E-state index is 0.0283. The van der Waals surface area contributed by atoms with Gasteiger partial charge in [-0.3, -0.25) is 9.78 Å². The number of hydrogen-bond donors (Lipinski definition) is 0. The van der Waals surface area contributed by atoms with Crippen LogP contribution in [0.25, 0.3) is 0 Å². The maximum Gasteiger partial charge on any atom is 0.376 e. The standard InChI is InChI=1S/C16H5F4N3O2/c17-15(18)11-1-2-12(25-9-3-8(4-21)6-23-7-9)10(5-22)13(11)14(24)16(15,19)20/h1-3,6-7H. The number of carbonyl (C=O) groups is 1. The molecule has 5 nitrogen and oxygen atoms in total. The van der Waals surface area contributed by atoms with Crippen molar-refractivity contribution >= 4 is 5.78 Å². The lowest BCUT2D eigenvalue weighted by Crippen LogP contribution is -2.38. The van der Waals surface area contributed by atoms with E-state index in [1.54, 1.807) is 6.07 Å². The van der Waals surface area contributed by atoms with Crippen LogP contribution in [-0.2, 0) is 5.92 Å². The molecule has 1 aromatic carbocycles. The molecule has 0 bridgehead atoms. The molecule has 3 rings (SSSR count). The van der Waals surface area contributed by atoms with Crippen molar-refractivity contribution in [2.75, 3.05) is 0 Å². The molecular weight excluding hydrogens is 342 g/mol. The number of nitriles is 2. The Morgan fingerprint density at radius 3 is 2.40 bits per heavy atom. The van der Waals surface area contributed by atoms with Crippen molar-refractivity contribution in [3.63, 3.8) is 0 Å². The van der Waals surface area contributed by atoms with Gasteiger partial charge in [0.25, 0.3) is 0 Å². The van der Waals surface area contributed by atoms with Gasteiger partial charge in [0.1, 0.15) is 29.2 Å². The van der Waals surface area contributed by atoms with Gasteiger partial charge < -0.3 is 4.74 Å². The molecule has 0 N–H and O–H groups in total. The Hall–Kier alpha value is -3.46. The summed E-state index contributed by atoms with van der Waals surface area (Å²) in [5.74, 6) is -12.2. The van der Waals surface area contributed by atoms with Crippen molar-refractivity contribution in [3.8, 4) is 23.6 Å². The number of aromatic nitrogens is 1. The summed E-state index contributed by atoms with van der Waals surface area (Å²) >= 11 is 0. The van der Waals surface area contributed by atoms with Gasteiger partial charge in [-0.15, -0.1) is 0 Å². The van der Waals surface area contributed by atoms with Crippen LogP contribution >= 0.6 is 0 Å². The first-order valence-electron chi connectivity index (χ1n) is 6.65. The number of benzene rings is 1. The fraction of sp³-hybridized carbons (Fsp3) is 0.125. The lowest BCUT2D eigenvalue weighted by atomic mass is 10.0. The molecular formula is C16H5F4N3O2. The van der Waals surface area contributed by atoms with Crippen LogP contribution in [-0.4, -0.2) is 16.7 Å². The molecule has 1 aliphatic carbocycles. The second-order valence-corrected chi connectivity index (χ2v) is 5.07. The zero-order chi connectivity index (χ0) is 18.4. The molecule has 0 atom stereocenters. The number of pyridine rings is 1. The summed E-state index contributed by atoms with van der Waals surface area (Å²) < 4.78 is 60.0. The van der Waals surface area contributed by atoms with E-state index < -0.39 is 34.3 Å². The van der Waals surface area contributed by atoms with Crippen molar-refractivity contribution in [2.45, 2.75) is 11.8 Å². The number of carbonyl (C=O) groups excluding carboxylic acids is 1. The number of alkyl halides is 4. The quantitative estimate of drug-likeness (QED) is 0.776. The molecule has 1 heterocycles. The van der Waals surface area contributed by atoms with Crippen LogP contribution in [0.3, 0.4) is 0 Å². The molecule has 0 fully saturated rings. The van der Waals surface area contributed by atoms with Crippen molar-refractivity contribution < 1.29 is 27.1 Å². The largest absolute Gasteiger partial charge is 0.454 e. The minimum Gasteiger partial charge on any atom is -0.454 e. The Morgan fingerprint density at radius 2 is 1.76 bits per heavy atom. The molecule has 0 radical (unpaired) electrons. The molecule has 9 heteroatoms. The van der Waals surface area contributed by atoms with E-state index in [4.69, 9.17) is 10.00 Å². The van der Waals surface area contributed by atoms with E-state index in [1.165, 1.54) is 24.5 Å². The van der Waals surface area contributed by atoms with Crippen LogP contribution in [0, 0.1) is 22.7 Å². The predicted molar refractivity (Wildman–Crippen MR) is 73.4 cm³/mol. The molecule has 0 saturated carbocycles. The summed E-state index contributed by atoms with van der Waals surface area (Å²) in [6, 6.07) is 5.99. The number of rotatable bonds is 2. The molecule has 0 amide bonds. The number of ether oxygens (including phenoxy) is 1. The highest BCUT2D eigenvalue weighted by Crippen LogP contribution is 2.53. The van der Waals surface area contributed by atoms with Crippen LogP contribution in [0.2, 0.25) is 0 Å². The zero-order valence-electron chi connectivity index (χ0n) is 12.1. The highest BCUT2D eigenvalue weighted by molar-refractivity contribution is 6.09. The Morgan fingerprint density at radius 1 is 1.04 bits per heavy atom. The first-order chi connectivity index (χ1) is 11.7. The van der Waals surface area contributed by atoms with Crippen molar-refractivity contribution in [1.29, 1.82) is 10.5 Å². The van der Waals surface area contributed by atoms with E-state index in [1.807, 2.05) is 0 Å². The first-order valence-corrected chi connectivity index (χ1v) is 6.65. The molecule has 1 aliphatic rings. The highest BCUT2D eigenvalue weighted by atomic mass is 19.3. The number of Topliss-reactive ketones (excluding diaryl/α,β-unsaturated/α-hetero) is 1. The van der Waals surface area contributed by atoms with Crippen LogP contribution < -0.4 is 4.74 Å². The van der Waals surface area contributed by atoms with Crippen molar-refractivity contribution in [2.24, 2.45) is 0 Å². The van der Waals surface area contributed by atoms with Gasteiger partial charge in [0.15, 0.2) is 0 Å². The molecule has 1 aromatic heterocycles. The van der Waals surface area contributed by atoms with Gasteiger partial charge in [-0.25, -0.2) is 0 Å². The van der Waals surface area contributed by atoms with E-state index in [0.717, 1.165) is 6.07 Å². The van der Waals surface area contributed by atoms with Gasteiger partial charge in [0.2, 0.25) is 5.78 Å². The van der Waals surface area contributed by atoms with E-state index in [0.29, 0.717) is 6.07 Å². The van der Waals surface area contributed by atoms with Crippen LogP contribution in [0.5, 0.6) is 11.5 Å². The van der Waals surface area contributed by atoms with Gasteiger partial charge in [-0.05, 0) is 12.1 Å². The SMILES string of the molecule is N#Cc1cncc(Oc2ccc3c(c2C#N)C(=O)C(F)(F)C3(F)F)c1. The number of hydrogen-bond acceptors (Lipinski definition) is 5. The third-order valence-corrected chi connectivity index (χ3v) is 3.59. The Balaban J connectivity index is 2.15. The number of fused-ring (bicyclic) bond motifs is 1. The van der Waals surface area contributed by atoms with E-state index >= 15 is 0 Å². The molecule has 0 unspecified atom stereocenters. The third-order valence-electron chi connectivity index (χ3n) is 3.59. The monoisotopic (exact) mass is 347 g/mol. The number of nitrogens with zero attached hydrogens (tertiary/aromatic N) is 3. The van der Waals surface area contributed by atoms with E-state index in [-0.39, 0.29) is 17.1 Å². The molecule has 124 valence electrons.